The molecule has 0 saturated carbocycles. The number of benzene rings is 2. The van der Waals surface area contributed by atoms with Crippen LogP contribution in [0.1, 0.15) is 10.4 Å². The van der Waals surface area contributed by atoms with Gasteiger partial charge in [0, 0.05) is 12.1 Å². The minimum absolute atomic E-state index is 0.0884. The first-order valence-corrected chi connectivity index (χ1v) is 5.09. The van der Waals surface area contributed by atoms with Crippen molar-refractivity contribution in [3.63, 3.8) is 0 Å². The third-order valence-electron chi connectivity index (χ3n) is 2.24. The third-order valence-corrected chi connectivity index (χ3v) is 2.24. The van der Waals surface area contributed by atoms with E-state index in [1.165, 1.54) is 0 Å². The molecule has 0 radical (unpaired) electrons. The summed E-state index contributed by atoms with van der Waals surface area (Å²) >= 11 is 0. The molecule has 0 fully saturated rings. The SMILES string of the molecule is O=C(Oc1ccc(F)cc1)c1c(F)cc(F)cc1F. The van der Waals surface area contributed by atoms with Crippen LogP contribution in [-0.4, -0.2) is 5.97 Å². The molecule has 2 nitrogen and oxygen atoms in total. The largest absolute Gasteiger partial charge is 0.423 e. The molecule has 0 aromatic heterocycles. The molecule has 0 aliphatic carbocycles. The van der Waals surface area contributed by atoms with Crippen molar-refractivity contribution >= 4 is 5.97 Å². The summed E-state index contributed by atoms with van der Waals surface area (Å²) in [5.41, 5.74) is -1.01. The highest BCUT2D eigenvalue weighted by molar-refractivity contribution is 5.91. The summed E-state index contributed by atoms with van der Waals surface area (Å²) in [4.78, 5) is 11.5. The van der Waals surface area contributed by atoms with Gasteiger partial charge in [0.05, 0.1) is 0 Å². The number of halogens is 4. The molecule has 98 valence electrons. The van der Waals surface area contributed by atoms with Crippen LogP contribution < -0.4 is 4.74 Å². The predicted octanol–water partition coefficient (Wildman–Crippen LogP) is 3.46. The van der Waals surface area contributed by atoms with Crippen LogP contribution in [0.15, 0.2) is 36.4 Å². The van der Waals surface area contributed by atoms with Crippen molar-refractivity contribution in [2.45, 2.75) is 0 Å². The van der Waals surface area contributed by atoms with Crippen LogP contribution in [0.5, 0.6) is 5.75 Å². The lowest BCUT2D eigenvalue weighted by Gasteiger charge is -2.06. The van der Waals surface area contributed by atoms with E-state index in [1.807, 2.05) is 0 Å². The van der Waals surface area contributed by atoms with Crippen LogP contribution in [0.25, 0.3) is 0 Å². The summed E-state index contributed by atoms with van der Waals surface area (Å²) in [5, 5.41) is 0. The zero-order valence-corrected chi connectivity index (χ0v) is 9.29. The van der Waals surface area contributed by atoms with Crippen LogP contribution in [0, 0.1) is 23.3 Å². The van der Waals surface area contributed by atoms with Crippen molar-refractivity contribution in [1.29, 1.82) is 0 Å². The van der Waals surface area contributed by atoms with E-state index in [-0.39, 0.29) is 5.75 Å². The van der Waals surface area contributed by atoms with E-state index in [4.69, 9.17) is 0 Å². The molecular formula is C13H6F4O2. The van der Waals surface area contributed by atoms with Gasteiger partial charge in [-0.05, 0) is 24.3 Å². The zero-order chi connectivity index (χ0) is 14.0. The Morgan fingerprint density at radius 1 is 0.842 bits per heavy atom. The van der Waals surface area contributed by atoms with E-state index in [0.29, 0.717) is 12.1 Å². The highest BCUT2D eigenvalue weighted by atomic mass is 19.1. The number of hydrogen-bond acceptors (Lipinski definition) is 2. The van der Waals surface area contributed by atoms with Crippen LogP contribution in [0.3, 0.4) is 0 Å². The van der Waals surface area contributed by atoms with Gasteiger partial charge in [0.1, 0.15) is 34.6 Å². The Morgan fingerprint density at radius 2 is 1.37 bits per heavy atom. The van der Waals surface area contributed by atoms with Gasteiger partial charge in [-0.3, -0.25) is 0 Å². The van der Waals surface area contributed by atoms with Gasteiger partial charge in [0.15, 0.2) is 0 Å². The third kappa shape index (κ3) is 2.90. The molecule has 0 spiro atoms. The number of rotatable bonds is 2. The first kappa shape index (κ1) is 13.1. The van der Waals surface area contributed by atoms with E-state index in [0.717, 1.165) is 24.3 Å². The Labute approximate surface area is 105 Å². The van der Waals surface area contributed by atoms with E-state index in [9.17, 15) is 22.4 Å². The molecule has 2 aromatic carbocycles. The summed E-state index contributed by atoms with van der Waals surface area (Å²) < 4.78 is 56.5. The molecule has 0 N–H and O–H groups in total. The Morgan fingerprint density at radius 3 is 1.89 bits per heavy atom. The zero-order valence-electron chi connectivity index (χ0n) is 9.29. The maximum atomic E-state index is 13.3. The lowest BCUT2D eigenvalue weighted by atomic mass is 10.2. The molecule has 0 bridgehead atoms. The molecule has 0 heterocycles. The molecule has 0 atom stereocenters. The lowest BCUT2D eigenvalue weighted by Crippen LogP contribution is -2.13. The summed E-state index contributed by atoms with van der Waals surface area (Å²) in [5.74, 6) is -5.86. The molecule has 0 saturated heterocycles. The summed E-state index contributed by atoms with van der Waals surface area (Å²) in [6.45, 7) is 0. The molecule has 2 rings (SSSR count). The van der Waals surface area contributed by atoms with Crippen molar-refractivity contribution < 1.29 is 27.1 Å². The second-order valence-electron chi connectivity index (χ2n) is 3.59. The van der Waals surface area contributed by atoms with Crippen LogP contribution in [0.2, 0.25) is 0 Å². The molecule has 0 amide bonds. The summed E-state index contributed by atoms with van der Waals surface area (Å²) in [6, 6.07) is 4.99. The average molecular weight is 270 g/mol. The lowest BCUT2D eigenvalue weighted by molar-refractivity contribution is 0.0724. The Hall–Kier alpha value is -2.37. The van der Waals surface area contributed by atoms with Crippen LogP contribution >= 0.6 is 0 Å². The molecule has 0 unspecified atom stereocenters. The number of esters is 1. The first-order chi connectivity index (χ1) is 8.97. The topological polar surface area (TPSA) is 26.3 Å². The summed E-state index contributed by atoms with van der Waals surface area (Å²) in [6.07, 6.45) is 0. The smallest absolute Gasteiger partial charge is 0.349 e. The van der Waals surface area contributed by atoms with Gasteiger partial charge in [0.25, 0.3) is 0 Å². The highest BCUT2D eigenvalue weighted by Gasteiger charge is 2.21. The monoisotopic (exact) mass is 270 g/mol. The Bertz CT molecular complexity index is 600. The Kier molecular flexibility index (Phi) is 3.50. The second-order valence-corrected chi connectivity index (χ2v) is 3.59. The van der Waals surface area contributed by atoms with Crippen molar-refractivity contribution in [3.05, 3.63) is 65.2 Å². The van der Waals surface area contributed by atoms with Crippen molar-refractivity contribution in [2.75, 3.05) is 0 Å². The van der Waals surface area contributed by atoms with E-state index in [1.54, 1.807) is 0 Å². The molecule has 0 aliphatic heterocycles. The van der Waals surface area contributed by atoms with Gasteiger partial charge in [-0.1, -0.05) is 0 Å². The molecule has 2 aromatic rings. The Balaban J connectivity index is 2.28. The van der Waals surface area contributed by atoms with E-state index < -0.39 is 34.8 Å². The summed E-state index contributed by atoms with van der Waals surface area (Å²) in [7, 11) is 0. The van der Waals surface area contributed by atoms with Crippen molar-refractivity contribution in [3.8, 4) is 5.75 Å². The fourth-order valence-corrected chi connectivity index (χ4v) is 1.40. The van der Waals surface area contributed by atoms with Gasteiger partial charge >= 0.3 is 5.97 Å². The minimum Gasteiger partial charge on any atom is -0.423 e. The molecule has 0 aliphatic rings. The van der Waals surface area contributed by atoms with Gasteiger partial charge in [-0.15, -0.1) is 0 Å². The number of hydrogen-bond donors (Lipinski definition) is 0. The van der Waals surface area contributed by atoms with Crippen molar-refractivity contribution in [2.24, 2.45) is 0 Å². The number of carbonyl (C=O) groups excluding carboxylic acids is 1. The normalized spacial score (nSPS) is 10.3. The van der Waals surface area contributed by atoms with Crippen molar-refractivity contribution in [1.82, 2.24) is 0 Å². The maximum Gasteiger partial charge on any atom is 0.349 e. The van der Waals surface area contributed by atoms with Crippen LogP contribution in [0.4, 0.5) is 17.6 Å². The highest BCUT2D eigenvalue weighted by Crippen LogP contribution is 2.18. The standard InChI is InChI=1S/C13H6F4O2/c14-7-1-3-9(4-2-7)19-13(18)12-10(16)5-8(15)6-11(12)17/h1-6H. The maximum absolute atomic E-state index is 13.3. The second kappa shape index (κ2) is 5.09. The predicted molar refractivity (Wildman–Crippen MR) is 57.7 cm³/mol. The quantitative estimate of drug-likeness (QED) is 0.474. The average Bonchev–Trinajstić information content (AvgIpc) is 2.30. The fraction of sp³-hybridized carbons (Fsp3) is 0. The van der Waals surface area contributed by atoms with E-state index >= 15 is 0 Å². The minimum atomic E-state index is -1.37. The molecule has 19 heavy (non-hydrogen) atoms. The van der Waals surface area contributed by atoms with Gasteiger partial charge in [-0.2, -0.15) is 0 Å². The number of ether oxygens (including phenoxy) is 1. The fourth-order valence-electron chi connectivity index (χ4n) is 1.40. The van der Waals surface area contributed by atoms with Crippen LogP contribution in [-0.2, 0) is 0 Å². The van der Waals surface area contributed by atoms with E-state index in [2.05, 4.69) is 4.74 Å². The first-order valence-electron chi connectivity index (χ1n) is 5.09. The molecular weight excluding hydrogens is 264 g/mol. The number of carbonyl (C=O) groups is 1. The van der Waals surface area contributed by atoms with Gasteiger partial charge < -0.3 is 4.74 Å². The van der Waals surface area contributed by atoms with Gasteiger partial charge in [0.2, 0.25) is 0 Å². The molecule has 6 heteroatoms. The van der Waals surface area contributed by atoms with Gasteiger partial charge in [-0.25, -0.2) is 22.4 Å².